The van der Waals surface area contributed by atoms with Gasteiger partial charge in [-0.2, -0.15) is 0 Å². The molecule has 1 amide bonds. The van der Waals surface area contributed by atoms with E-state index in [0.29, 0.717) is 6.04 Å². The predicted molar refractivity (Wildman–Crippen MR) is 104 cm³/mol. The van der Waals surface area contributed by atoms with Gasteiger partial charge >= 0.3 is 0 Å². The third kappa shape index (κ3) is 4.21. The lowest BCUT2D eigenvalue weighted by Crippen LogP contribution is -2.35. The van der Waals surface area contributed by atoms with Gasteiger partial charge in [0, 0.05) is 61.4 Å². The summed E-state index contributed by atoms with van der Waals surface area (Å²) in [5.74, 6) is 1.58. The molecular weight excluding hydrogens is 342 g/mol. The van der Waals surface area contributed by atoms with Gasteiger partial charge in [-0.1, -0.05) is 0 Å². The molecule has 0 saturated carbocycles. The lowest BCUT2D eigenvalue weighted by atomic mass is 10.1. The first-order valence-corrected chi connectivity index (χ1v) is 9.26. The second-order valence-corrected chi connectivity index (χ2v) is 7.04. The van der Waals surface area contributed by atoms with Crippen LogP contribution < -0.4 is 15.5 Å². The smallest absolute Gasteiger partial charge is 0.288 e. The van der Waals surface area contributed by atoms with Crippen molar-refractivity contribution in [3.63, 3.8) is 0 Å². The quantitative estimate of drug-likeness (QED) is 0.824. The number of hydrogen-bond acceptors (Lipinski definition) is 7. The van der Waals surface area contributed by atoms with E-state index < -0.39 is 0 Å². The summed E-state index contributed by atoms with van der Waals surface area (Å²) >= 11 is 0. The monoisotopic (exact) mass is 369 g/mol. The summed E-state index contributed by atoms with van der Waals surface area (Å²) in [7, 11) is 1.59. The lowest BCUT2D eigenvalue weighted by molar-refractivity contribution is 0.0952. The number of aromatic nitrogens is 4. The molecule has 0 bridgehead atoms. The van der Waals surface area contributed by atoms with Crippen LogP contribution in [0.1, 0.15) is 52.7 Å². The largest absolute Gasteiger partial charge is 0.355 e. The van der Waals surface area contributed by atoms with Crippen molar-refractivity contribution in [2.24, 2.45) is 0 Å². The van der Waals surface area contributed by atoms with Crippen LogP contribution in [0.3, 0.4) is 0 Å². The van der Waals surface area contributed by atoms with E-state index in [2.05, 4.69) is 42.4 Å². The van der Waals surface area contributed by atoms with Crippen molar-refractivity contribution in [3.05, 3.63) is 40.9 Å². The second kappa shape index (κ2) is 7.96. The van der Waals surface area contributed by atoms with Gasteiger partial charge in [0.15, 0.2) is 0 Å². The molecule has 3 rings (SSSR count). The standard InChI is InChI=1S/C19H27N7O/c1-11-12(2)24-17(19(27)20-5)25-18(11)26-7-6-16(10-26)23-13(3)15-8-21-14(4)22-9-15/h8-9,13,16,23H,6-7,10H2,1-5H3,(H,20,27)/t13?,16-/m1/s1. The van der Waals surface area contributed by atoms with Gasteiger partial charge in [0.1, 0.15) is 11.6 Å². The highest BCUT2D eigenvalue weighted by Gasteiger charge is 2.27. The molecular formula is C19H27N7O. The molecule has 2 atom stereocenters. The molecule has 1 aliphatic rings. The maximum atomic E-state index is 12.0. The first-order valence-electron chi connectivity index (χ1n) is 9.26. The van der Waals surface area contributed by atoms with Crippen molar-refractivity contribution in [3.8, 4) is 0 Å². The molecule has 1 fully saturated rings. The fourth-order valence-electron chi connectivity index (χ4n) is 3.30. The van der Waals surface area contributed by atoms with Gasteiger partial charge in [-0.15, -0.1) is 0 Å². The van der Waals surface area contributed by atoms with E-state index in [4.69, 9.17) is 0 Å². The number of nitrogens with zero attached hydrogens (tertiary/aromatic N) is 5. The lowest BCUT2D eigenvalue weighted by Gasteiger charge is -2.23. The van der Waals surface area contributed by atoms with Crippen molar-refractivity contribution in [1.29, 1.82) is 0 Å². The highest BCUT2D eigenvalue weighted by atomic mass is 16.2. The fraction of sp³-hybridized carbons (Fsp3) is 0.526. The summed E-state index contributed by atoms with van der Waals surface area (Å²) < 4.78 is 0. The number of aryl methyl sites for hydroxylation is 2. The fourth-order valence-corrected chi connectivity index (χ4v) is 3.30. The van der Waals surface area contributed by atoms with E-state index in [1.165, 1.54) is 0 Å². The zero-order valence-corrected chi connectivity index (χ0v) is 16.6. The average Bonchev–Trinajstić information content (AvgIpc) is 3.11. The van der Waals surface area contributed by atoms with Gasteiger partial charge in [0.25, 0.3) is 5.91 Å². The molecule has 0 spiro atoms. The average molecular weight is 369 g/mol. The Bertz CT molecular complexity index is 822. The van der Waals surface area contributed by atoms with E-state index in [-0.39, 0.29) is 17.8 Å². The summed E-state index contributed by atoms with van der Waals surface area (Å²) in [5, 5.41) is 6.25. The van der Waals surface area contributed by atoms with Crippen LogP contribution in [0, 0.1) is 20.8 Å². The molecule has 0 aliphatic carbocycles. The highest BCUT2D eigenvalue weighted by molar-refractivity contribution is 5.90. The van der Waals surface area contributed by atoms with Crippen LogP contribution in [0.4, 0.5) is 5.82 Å². The van der Waals surface area contributed by atoms with Gasteiger partial charge in [0.2, 0.25) is 5.82 Å². The first-order chi connectivity index (χ1) is 12.9. The molecule has 2 N–H and O–H groups in total. The molecule has 3 heterocycles. The van der Waals surface area contributed by atoms with Crippen LogP contribution >= 0.6 is 0 Å². The van der Waals surface area contributed by atoms with E-state index in [0.717, 1.165) is 48.0 Å². The number of carbonyl (C=O) groups excluding carboxylic acids is 1. The SMILES string of the molecule is CNC(=O)c1nc(C)c(C)c(N2CC[C@@H](NC(C)c3cnc(C)nc3)C2)n1. The van der Waals surface area contributed by atoms with Crippen molar-refractivity contribution in [1.82, 2.24) is 30.6 Å². The Hall–Kier alpha value is -2.61. The van der Waals surface area contributed by atoms with Crippen LogP contribution in [0.15, 0.2) is 12.4 Å². The van der Waals surface area contributed by atoms with Gasteiger partial charge in [-0.3, -0.25) is 4.79 Å². The van der Waals surface area contributed by atoms with Crippen LogP contribution in [0.25, 0.3) is 0 Å². The number of hydrogen-bond donors (Lipinski definition) is 2. The van der Waals surface area contributed by atoms with Crippen LogP contribution in [0.2, 0.25) is 0 Å². The van der Waals surface area contributed by atoms with Crippen molar-refractivity contribution < 1.29 is 4.79 Å². The summed E-state index contributed by atoms with van der Waals surface area (Å²) in [5.41, 5.74) is 2.93. The van der Waals surface area contributed by atoms with E-state index in [1.54, 1.807) is 7.05 Å². The number of amides is 1. The Kier molecular flexibility index (Phi) is 5.65. The first kappa shape index (κ1) is 19.2. The predicted octanol–water partition coefficient (Wildman–Crippen LogP) is 1.48. The minimum Gasteiger partial charge on any atom is -0.355 e. The van der Waals surface area contributed by atoms with Gasteiger partial charge < -0.3 is 15.5 Å². The minimum atomic E-state index is -0.263. The topological polar surface area (TPSA) is 95.9 Å². The molecule has 0 aromatic carbocycles. The van der Waals surface area contributed by atoms with Crippen molar-refractivity contribution in [2.45, 2.75) is 46.2 Å². The third-order valence-electron chi connectivity index (χ3n) is 5.07. The summed E-state index contributed by atoms with van der Waals surface area (Å²) in [4.78, 5) is 31.6. The second-order valence-electron chi connectivity index (χ2n) is 7.04. The van der Waals surface area contributed by atoms with Crippen LogP contribution in [0.5, 0.6) is 0 Å². The maximum Gasteiger partial charge on any atom is 0.288 e. The highest BCUT2D eigenvalue weighted by Crippen LogP contribution is 2.25. The summed E-state index contributed by atoms with van der Waals surface area (Å²) in [6, 6.07) is 0.504. The number of carbonyl (C=O) groups is 1. The summed E-state index contributed by atoms with van der Waals surface area (Å²) in [6.07, 6.45) is 4.76. The van der Waals surface area contributed by atoms with E-state index >= 15 is 0 Å². The minimum absolute atomic E-state index is 0.171. The molecule has 27 heavy (non-hydrogen) atoms. The Balaban J connectivity index is 1.71. The van der Waals surface area contributed by atoms with Crippen molar-refractivity contribution in [2.75, 3.05) is 25.0 Å². The zero-order chi connectivity index (χ0) is 19.6. The van der Waals surface area contributed by atoms with Gasteiger partial charge in [-0.25, -0.2) is 19.9 Å². The number of anilines is 1. The molecule has 0 radical (unpaired) electrons. The normalized spacial score (nSPS) is 17.8. The van der Waals surface area contributed by atoms with E-state index in [9.17, 15) is 4.79 Å². The van der Waals surface area contributed by atoms with Crippen molar-refractivity contribution >= 4 is 11.7 Å². The molecule has 2 aromatic heterocycles. The third-order valence-corrected chi connectivity index (χ3v) is 5.07. The molecule has 1 aliphatic heterocycles. The molecule has 144 valence electrons. The Morgan fingerprint density at radius 2 is 1.93 bits per heavy atom. The Morgan fingerprint density at radius 3 is 2.59 bits per heavy atom. The number of rotatable bonds is 5. The van der Waals surface area contributed by atoms with Crippen LogP contribution in [-0.2, 0) is 0 Å². The zero-order valence-electron chi connectivity index (χ0n) is 16.6. The summed E-state index contributed by atoms with van der Waals surface area (Å²) in [6.45, 7) is 9.65. The molecule has 8 nitrogen and oxygen atoms in total. The molecule has 8 heteroatoms. The molecule has 1 saturated heterocycles. The number of nitrogens with one attached hydrogen (secondary N) is 2. The maximum absolute atomic E-state index is 12.0. The Morgan fingerprint density at radius 1 is 1.22 bits per heavy atom. The van der Waals surface area contributed by atoms with E-state index in [1.807, 2.05) is 33.2 Å². The molecule has 2 aromatic rings. The van der Waals surface area contributed by atoms with Gasteiger partial charge in [-0.05, 0) is 34.1 Å². The van der Waals surface area contributed by atoms with Crippen LogP contribution in [-0.4, -0.2) is 52.0 Å². The Labute approximate surface area is 159 Å². The van der Waals surface area contributed by atoms with Gasteiger partial charge in [0.05, 0.1) is 0 Å². The molecule has 1 unspecified atom stereocenters.